The number of hydrogen-bond acceptors (Lipinski definition) is 3. The van der Waals surface area contributed by atoms with Crippen LogP contribution in [0.3, 0.4) is 0 Å². The summed E-state index contributed by atoms with van der Waals surface area (Å²) < 4.78 is 0. The van der Waals surface area contributed by atoms with E-state index >= 15 is 0 Å². The third-order valence-electron chi connectivity index (χ3n) is 2.38. The topological polar surface area (TPSA) is 32.3 Å². The van der Waals surface area contributed by atoms with Gasteiger partial charge < -0.3 is 10.4 Å². The van der Waals surface area contributed by atoms with E-state index in [0.29, 0.717) is 11.8 Å². The second kappa shape index (κ2) is 5.71. The van der Waals surface area contributed by atoms with Crippen molar-refractivity contribution in [2.45, 2.75) is 37.3 Å². The molecule has 2 N–H and O–H groups in total. The molecule has 1 rings (SSSR count). The Bertz CT molecular complexity index is 333. The van der Waals surface area contributed by atoms with Crippen LogP contribution in [0.15, 0.2) is 29.2 Å². The number of aliphatic hydroxyl groups is 1. The molecule has 0 amide bonds. The van der Waals surface area contributed by atoms with Gasteiger partial charge in [0.2, 0.25) is 0 Å². The van der Waals surface area contributed by atoms with Crippen LogP contribution in [0.5, 0.6) is 0 Å². The van der Waals surface area contributed by atoms with E-state index in [4.69, 9.17) is 0 Å². The van der Waals surface area contributed by atoms with Gasteiger partial charge in [-0.3, -0.25) is 0 Å². The SMILES string of the molecule is CNC(C)c1cccc(SCC(C)(C)O)c1. The maximum absolute atomic E-state index is 9.67. The highest BCUT2D eigenvalue weighted by Crippen LogP contribution is 2.25. The Kier molecular flexibility index (Phi) is 4.84. The summed E-state index contributed by atoms with van der Waals surface area (Å²) in [4.78, 5) is 1.21. The highest BCUT2D eigenvalue weighted by molar-refractivity contribution is 7.99. The van der Waals surface area contributed by atoms with Crippen molar-refractivity contribution in [3.63, 3.8) is 0 Å². The van der Waals surface area contributed by atoms with E-state index in [1.54, 1.807) is 11.8 Å². The van der Waals surface area contributed by atoms with Gasteiger partial charge in [0.25, 0.3) is 0 Å². The minimum atomic E-state index is -0.616. The molecule has 2 nitrogen and oxygen atoms in total. The molecule has 0 bridgehead atoms. The summed E-state index contributed by atoms with van der Waals surface area (Å²) in [6.45, 7) is 5.81. The molecule has 1 aromatic rings. The molecule has 3 heteroatoms. The molecule has 0 spiro atoms. The lowest BCUT2D eigenvalue weighted by Gasteiger charge is -2.17. The van der Waals surface area contributed by atoms with E-state index < -0.39 is 5.60 Å². The molecule has 1 atom stereocenters. The normalized spacial score (nSPS) is 13.8. The first-order valence-electron chi connectivity index (χ1n) is 5.55. The molecule has 16 heavy (non-hydrogen) atoms. The van der Waals surface area contributed by atoms with E-state index in [1.807, 2.05) is 20.9 Å². The molecule has 0 aliphatic rings. The molecule has 0 saturated carbocycles. The van der Waals surface area contributed by atoms with Crippen molar-refractivity contribution in [2.75, 3.05) is 12.8 Å². The van der Waals surface area contributed by atoms with Crippen molar-refractivity contribution in [1.82, 2.24) is 5.32 Å². The Morgan fingerprint density at radius 1 is 1.44 bits per heavy atom. The number of nitrogens with one attached hydrogen (secondary N) is 1. The zero-order valence-electron chi connectivity index (χ0n) is 10.4. The molecule has 1 unspecified atom stereocenters. The summed E-state index contributed by atoms with van der Waals surface area (Å²) in [6, 6.07) is 8.81. The molecular weight excluding hydrogens is 218 g/mol. The van der Waals surface area contributed by atoms with Crippen molar-refractivity contribution in [3.05, 3.63) is 29.8 Å². The Hall–Kier alpha value is -0.510. The Balaban J connectivity index is 2.68. The first-order chi connectivity index (χ1) is 7.42. The molecule has 1 aromatic carbocycles. The quantitative estimate of drug-likeness (QED) is 0.775. The number of thioether (sulfide) groups is 1. The standard InChI is InChI=1S/C13H21NOS/c1-10(14-4)11-6-5-7-12(8-11)16-9-13(2,3)15/h5-8,10,14-15H,9H2,1-4H3. The van der Waals surface area contributed by atoms with Crippen LogP contribution in [-0.2, 0) is 0 Å². The summed E-state index contributed by atoms with van der Waals surface area (Å²) in [5, 5.41) is 12.9. The summed E-state index contributed by atoms with van der Waals surface area (Å²) in [6.07, 6.45) is 0. The molecule has 0 heterocycles. The van der Waals surface area contributed by atoms with Crippen LogP contribution in [-0.4, -0.2) is 23.5 Å². The predicted molar refractivity (Wildman–Crippen MR) is 70.9 cm³/mol. The van der Waals surface area contributed by atoms with Crippen LogP contribution in [0, 0.1) is 0 Å². The van der Waals surface area contributed by atoms with Gasteiger partial charge in [0.05, 0.1) is 5.60 Å². The van der Waals surface area contributed by atoms with Crippen LogP contribution in [0.2, 0.25) is 0 Å². The average Bonchev–Trinajstić information content (AvgIpc) is 2.25. The second-order valence-corrected chi connectivity index (χ2v) is 5.73. The van der Waals surface area contributed by atoms with E-state index in [2.05, 4.69) is 36.5 Å². The zero-order chi connectivity index (χ0) is 12.2. The minimum absolute atomic E-state index is 0.364. The molecule has 0 fully saturated rings. The van der Waals surface area contributed by atoms with Crippen molar-refractivity contribution < 1.29 is 5.11 Å². The minimum Gasteiger partial charge on any atom is -0.390 e. The fraction of sp³-hybridized carbons (Fsp3) is 0.538. The smallest absolute Gasteiger partial charge is 0.0685 e. The third kappa shape index (κ3) is 4.56. The molecule has 0 saturated heterocycles. The van der Waals surface area contributed by atoms with Gasteiger partial charge in [-0.1, -0.05) is 12.1 Å². The molecule has 0 radical (unpaired) electrons. The monoisotopic (exact) mass is 239 g/mol. The van der Waals surface area contributed by atoms with Gasteiger partial charge in [0.15, 0.2) is 0 Å². The summed E-state index contributed by atoms with van der Waals surface area (Å²) in [7, 11) is 1.96. The van der Waals surface area contributed by atoms with Crippen LogP contribution < -0.4 is 5.32 Å². The fourth-order valence-corrected chi connectivity index (χ4v) is 2.21. The average molecular weight is 239 g/mol. The Morgan fingerprint density at radius 2 is 2.12 bits per heavy atom. The van der Waals surface area contributed by atoms with Crippen LogP contribution >= 0.6 is 11.8 Å². The molecular formula is C13H21NOS. The van der Waals surface area contributed by atoms with Crippen molar-refractivity contribution in [2.24, 2.45) is 0 Å². The van der Waals surface area contributed by atoms with E-state index in [-0.39, 0.29) is 0 Å². The number of hydrogen-bond donors (Lipinski definition) is 2. The van der Waals surface area contributed by atoms with E-state index in [0.717, 1.165) is 0 Å². The van der Waals surface area contributed by atoms with Gasteiger partial charge >= 0.3 is 0 Å². The van der Waals surface area contributed by atoms with Crippen molar-refractivity contribution in [3.8, 4) is 0 Å². The summed E-state index contributed by atoms with van der Waals surface area (Å²) >= 11 is 1.69. The van der Waals surface area contributed by atoms with Crippen LogP contribution in [0.4, 0.5) is 0 Å². The Labute approximate surface area is 102 Å². The largest absolute Gasteiger partial charge is 0.390 e. The van der Waals surface area contributed by atoms with Gasteiger partial charge in [-0.05, 0) is 45.5 Å². The first-order valence-corrected chi connectivity index (χ1v) is 6.53. The van der Waals surface area contributed by atoms with Crippen molar-refractivity contribution in [1.29, 1.82) is 0 Å². The summed E-state index contributed by atoms with van der Waals surface area (Å²) in [5.41, 5.74) is 0.665. The van der Waals surface area contributed by atoms with Crippen LogP contribution in [0.25, 0.3) is 0 Å². The lowest BCUT2D eigenvalue weighted by atomic mass is 10.1. The highest BCUT2D eigenvalue weighted by Gasteiger charge is 2.13. The molecule has 0 aromatic heterocycles. The third-order valence-corrected chi connectivity index (χ3v) is 3.82. The van der Waals surface area contributed by atoms with Gasteiger partial charge in [-0.2, -0.15) is 0 Å². The highest BCUT2D eigenvalue weighted by atomic mass is 32.2. The van der Waals surface area contributed by atoms with Gasteiger partial charge in [-0.25, -0.2) is 0 Å². The second-order valence-electron chi connectivity index (χ2n) is 4.68. The van der Waals surface area contributed by atoms with Crippen molar-refractivity contribution >= 4 is 11.8 Å². The predicted octanol–water partition coefficient (Wildman–Crippen LogP) is 2.83. The molecule has 90 valence electrons. The van der Waals surface area contributed by atoms with E-state index in [1.165, 1.54) is 10.5 Å². The first kappa shape index (κ1) is 13.6. The van der Waals surface area contributed by atoms with Gasteiger partial charge in [-0.15, -0.1) is 11.8 Å². The fourth-order valence-electron chi connectivity index (χ4n) is 1.30. The van der Waals surface area contributed by atoms with Gasteiger partial charge in [0, 0.05) is 16.7 Å². The van der Waals surface area contributed by atoms with Gasteiger partial charge in [0.1, 0.15) is 0 Å². The maximum atomic E-state index is 9.67. The van der Waals surface area contributed by atoms with Crippen LogP contribution in [0.1, 0.15) is 32.4 Å². The lowest BCUT2D eigenvalue weighted by Crippen LogP contribution is -2.21. The zero-order valence-corrected chi connectivity index (χ0v) is 11.3. The summed E-state index contributed by atoms with van der Waals surface area (Å²) in [5.74, 6) is 0.713. The lowest BCUT2D eigenvalue weighted by molar-refractivity contribution is 0.107. The molecule has 0 aliphatic heterocycles. The number of rotatable bonds is 5. The van der Waals surface area contributed by atoms with E-state index in [9.17, 15) is 5.11 Å². The maximum Gasteiger partial charge on any atom is 0.0685 e. The number of benzene rings is 1. The molecule has 0 aliphatic carbocycles. The Morgan fingerprint density at radius 3 is 2.69 bits per heavy atom.